The summed E-state index contributed by atoms with van der Waals surface area (Å²) < 4.78 is 15.7. The van der Waals surface area contributed by atoms with Crippen molar-refractivity contribution in [1.29, 1.82) is 0 Å². The van der Waals surface area contributed by atoms with E-state index >= 15 is 0 Å². The number of aryl methyl sites for hydroxylation is 2. The molecule has 0 aromatic heterocycles. The molecule has 1 fully saturated rings. The van der Waals surface area contributed by atoms with Crippen molar-refractivity contribution in [2.24, 2.45) is 0 Å². The lowest BCUT2D eigenvalue weighted by Crippen LogP contribution is -2.39. The van der Waals surface area contributed by atoms with Gasteiger partial charge in [-0.25, -0.2) is 9.59 Å². The Bertz CT molecular complexity index is 829. The smallest absolute Gasteiger partial charge is 0.338 e. The van der Waals surface area contributed by atoms with Crippen LogP contribution in [0.2, 0.25) is 0 Å². The summed E-state index contributed by atoms with van der Waals surface area (Å²) in [5.41, 5.74) is 2.65. The number of carbonyl (C=O) groups is 2. The molecular weight excluding hydrogens is 364 g/mol. The van der Waals surface area contributed by atoms with Crippen LogP contribution in [0.5, 0.6) is 0 Å². The second kappa shape index (κ2) is 8.52. The number of ether oxygens (including phenoxy) is 3. The van der Waals surface area contributed by atoms with Crippen molar-refractivity contribution in [3.8, 4) is 0 Å². The van der Waals surface area contributed by atoms with Gasteiger partial charge in [0, 0.05) is 0 Å². The fraction of sp³-hybridized carbons (Fsp3) is 0.333. The fourth-order valence-electron chi connectivity index (χ4n) is 2.81. The molecule has 7 heteroatoms. The highest BCUT2D eigenvalue weighted by molar-refractivity contribution is 5.90. The summed E-state index contributed by atoms with van der Waals surface area (Å²) in [6.07, 6.45) is -5.15. The molecule has 148 valence electrons. The van der Waals surface area contributed by atoms with Crippen LogP contribution in [0.1, 0.15) is 31.8 Å². The molecule has 0 radical (unpaired) electrons. The third kappa shape index (κ3) is 4.56. The summed E-state index contributed by atoms with van der Waals surface area (Å²) in [7, 11) is 0. The summed E-state index contributed by atoms with van der Waals surface area (Å²) in [4.78, 5) is 24.5. The topological polar surface area (TPSA) is 102 Å². The van der Waals surface area contributed by atoms with E-state index in [1.807, 2.05) is 13.8 Å². The molecule has 1 aliphatic rings. The molecule has 2 aromatic carbocycles. The zero-order valence-corrected chi connectivity index (χ0v) is 15.6. The predicted molar refractivity (Wildman–Crippen MR) is 98.7 cm³/mol. The Balaban J connectivity index is 1.63. The lowest BCUT2D eigenvalue weighted by molar-refractivity contribution is -0.133. The molecular formula is C21H22O7. The van der Waals surface area contributed by atoms with Gasteiger partial charge in [0.2, 0.25) is 0 Å². The largest absolute Gasteiger partial charge is 0.459 e. The van der Waals surface area contributed by atoms with Gasteiger partial charge < -0.3 is 24.4 Å². The van der Waals surface area contributed by atoms with Crippen molar-refractivity contribution >= 4 is 11.9 Å². The minimum atomic E-state index is -1.54. The zero-order valence-electron chi connectivity index (χ0n) is 15.6. The molecule has 3 rings (SSSR count). The Hall–Kier alpha value is -2.74. The van der Waals surface area contributed by atoms with Crippen LogP contribution in [0.25, 0.3) is 0 Å². The van der Waals surface area contributed by atoms with Crippen LogP contribution < -0.4 is 0 Å². The average molecular weight is 386 g/mol. The maximum atomic E-state index is 12.3. The predicted octanol–water partition coefficient (Wildman–Crippen LogP) is 1.76. The summed E-state index contributed by atoms with van der Waals surface area (Å²) in [6.45, 7) is 3.50. The number of rotatable bonds is 5. The Morgan fingerprint density at radius 2 is 1.39 bits per heavy atom. The number of carbonyl (C=O) groups excluding carboxylic acids is 2. The Morgan fingerprint density at radius 1 is 0.893 bits per heavy atom. The zero-order chi connectivity index (χ0) is 20.3. The maximum absolute atomic E-state index is 12.3. The highest BCUT2D eigenvalue weighted by Crippen LogP contribution is 2.24. The van der Waals surface area contributed by atoms with Crippen molar-refractivity contribution in [3.05, 3.63) is 70.8 Å². The van der Waals surface area contributed by atoms with E-state index in [0.29, 0.717) is 11.1 Å². The second-order valence-corrected chi connectivity index (χ2v) is 6.76. The van der Waals surface area contributed by atoms with E-state index in [4.69, 9.17) is 14.2 Å². The number of hydrogen-bond acceptors (Lipinski definition) is 7. The van der Waals surface area contributed by atoms with Gasteiger partial charge in [0.15, 0.2) is 12.4 Å². The molecule has 0 aliphatic carbocycles. The summed E-state index contributed by atoms with van der Waals surface area (Å²) in [5, 5.41) is 19.9. The van der Waals surface area contributed by atoms with E-state index in [-0.39, 0.29) is 6.61 Å². The van der Waals surface area contributed by atoms with Gasteiger partial charge in [-0.15, -0.1) is 0 Å². The molecule has 0 amide bonds. The fourth-order valence-corrected chi connectivity index (χ4v) is 2.81. The van der Waals surface area contributed by atoms with Crippen molar-refractivity contribution in [1.82, 2.24) is 0 Å². The van der Waals surface area contributed by atoms with Crippen LogP contribution in [0.15, 0.2) is 48.5 Å². The standard InChI is InChI=1S/C21H22O7/c1-12-3-7-14(8-4-12)19(23)26-11-16-18(17(22)21(25)27-16)28-20(24)15-9-5-13(2)6-10-15/h3-10,16-18,21-22,25H,11H2,1-2H3. The summed E-state index contributed by atoms with van der Waals surface area (Å²) in [5.74, 6) is -1.25. The lowest BCUT2D eigenvalue weighted by Gasteiger charge is -2.20. The normalized spacial score (nSPS) is 24.0. The van der Waals surface area contributed by atoms with Crippen molar-refractivity contribution in [2.45, 2.75) is 38.4 Å². The monoisotopic (exact) mass is 386 g/mol. The van der Waals surface area contributed by atoms with Gasteiger partial charge in [-0.1, -0.05) is 35.4 Å². The molecule has 0 saturated carbocycles. The van der Waals surface area contributed by atoms with Crippen molar-refractivity contribution in [3.63, 3.8) is 0 Å². The van der Waals surface area contributed by atoms with Gasteiger partial charge in [0.1, 0.15) is 18.8 Å². The Kier molecular flexibility index (Phi) is 6.08. The van der Waals surface area contributed by atoms with Gasteiger partial charge in [-0.2, -0.15) is 0 Å². The van der Waals surface area contributed by atoms with Gasteiger partial charge in [0.25, 0.3) is 0 Å². The van der Waals surface area contributed by atoms with Gasteiger partial charge in [-0.3, -0.25) is 0 Å². The molecule has 1 aliphatic heterocycles. The van der Waals surface area contributed by atoms with E-state index in [0.717, 1.165) is 11.1 Å². The van der Waals surface area contributed by atoms with Gasteiger partial charge in [-0.05, 0) is 38.1 Å². The van der Waals surface area contributed by atoms with E-state index in [9.17, 15) is 19.8 Å². The molecule has 1 saturated heterocycles. The Morgan fingerprint density at radius 3 is 1.93 bits per heavy atom. The molecule has 28 heavy (non-hydrogen) atoms. The summed E-state index contributed by atoms with van der Waals surface area (Å²) in [6, 6.07) is 13.5. The van der Waals surface area contributed by atoms with E-state index in [2.05, 4.69) is 0 Å². The third-order valence-corrected chi connectivity index (χ3v) is 4.51. The first-order valence-corrected chi connectivity index (χ1v) is 8.88. The Labute approximate surface area is 162 Å². The molecule has 4 unspecified atom stereocenters. The summed E-state index contributed by atoms with van der Waals surface area (Å²) >= 11 is 0. The number of aliphatic hydroxyl groups is 2. The third-order valence-electron chi connectivity index (χ3n) is 4.51. The molecule has 1 heterocycles. The quantitative estimate of drug-likeness (QED) is 0.755. The first-order chi connectivity index (χ1) is 13.3. The van der Waals surface area contributed by atoms with Crippen molar-refractivity contribution < 1.29 is 34.0 Å². The maximum Gasteiger partial charge on any atom is 0.338 e. The first kappa shape index (κ1) is 20.0. The molecule has 4 atom stereocenters. The van der Waals surface area contributed by atoms with Crippen LogP contribution in [0, 0.1) is 13.8 Å². The first-order valence-electron chi connectivity index (χ1n) is 8.88. The highest BCUT2D eigenvalue weighted by atomic mass is 16.7. The second-order valence-electron chi connectivity index (χ2n) is 6.76. The molecule has 0 spiro atoms. The van der Waals surface area contributed by atoms with Gasteiger partial charge >= 0.3 is 11.9 Å². The van der Waals surface area contributed by atoms with Crippen LogP contribution in [0.3, 0.4) is 0 Å². The minimum absolute atomic E-state index is 0.285. The van der Waals surface area contributed by atoms with E-state index < -0.39 is 36.5 Å². The van der Waals surface area contributed by atoms with Crippen molar-refractivity contribution in [2.75, 3.05) is 6.61 Å². The molecule has 2 N–H and O–H groups in total. The molecule has 7 nitrogen and oxygen atoms in total. The molecule has 0 bridgehead atoms. The number of aliphatic hydroxyl groups excluding tert-OH is 2. The number of hydrogen-bond donors (Lipinski definition) is 2. The van der Waals surface area contributed by atoms with E-state index in [1.54, 1.807) is 48.5 Å². The van der Waals surface area contributed by atoms with Crippen LogP contribution in [0.4, 0.5) is 0 Å². The highest BCUT2D eigenvalue weighted by Gasteiger charge is 2.46. The van der Waals surface area contributed by atoms with Crippen LogP contribution >= 0.6 is 0 Å². The lowest BCUT2D eigenvalue weighted by atomic mass is 10.1. The minimum Gasteiger partial charge on any atom is -0.459 e. The average Bonchev–Trinajstić information content (AvgIpc) is 2.95. The van der Waals surface area contributed by atoms with Crippen LogP contribution in [-0.4, -0.2) is 53.4 Å². The number of esters is 2. The van der Waals surface area contributed by atoms with Gasteiger partial charge in [0.05, 0.1) is 11.1 Å². The SMILES string of the molecule is Cc1ccc(C(=O)OCC2OC(O)C(O)C2OC(=O)c2ccc(C)cc2)cc1. The molecule has 2 aromatic rings. The number of benzene rings is 2. The van der Waals surface area contributed by atoms with E-state index in [1.165, 1.54) is 0 Å². The van der Waals surface area contributed by atoms with Crippen LogP contribution in [-0.2, 0) is 14.2 Å².